The van der Waals surface area contributed by atoms with Gasteiger partial charge in [0.2, 0.25) is 0 Å². The Hall–Kier alpha value is -6.00. The third kappa shape index (κ3) is 3.71. The van der Waals surface area contributed by atoms with Gasteiger partial charge in [0.1, 0.15) is 5.65 Å². The summed E-state index contributed by atoms with van der Waals surface area (Å²) in [6.07, 6.45) is 0. The van der Waals surface area contributed by atoms with Crippen molar-refractivity contribution in [1.29, 1.82) is 0 Å². The molecule has 44 heavy (non-hydrogen) atoms. The van der Waals surface area contributed by atoms with E-state index in [4.69, 9.17) is 9.97 Å². The molecule has 0 atom stereocenters. The Balaban J connectivity index is 1.42. The zero-order valence-electron chi connectivity index (χ0n) is 23.8. The minimum absolute atomic E-state index is 0.705. The van der Waals surface area contributed by atoms with Gasteiger partial charge in [0.25, 0.3) is 0 Å². The normalized spacial score (nSPS) is 11.6. The summed E-state index contributed by atoms with van der Waals surface area (Å²) in [4.78, 5) is 10.6. The van der Waals surface area contributed by atoms with Crippen molar-refractivity contribution in [1.82, 2.24) is 19.1 Å². The molecule has 0 aliphatic carbocycles. The topological polar surface area (TPSA) is 35.6 Å². The van der Waals surface area contributed by atoms with Crippen molar-refractivity contribution in [3.63, 3.8) is 0 Å². The predicted molar refractivity (Wildman–Crippen MR) is 182 cm³/mol. The van der Waals surface area contributed by atoms with Crippen LogP contribution >= 0.6 is 0 Å². The number of para-hydroxylation sites is 4. The number of hydrogen-bond donors (Lipinski definition) is 0. The third-order valence-corrected chi connectivity index (χ3v) is 8.52. The van der Waals surface area contributed by atoms with Crippen LogP contribution in [0.2, 0.25) is 0 Å². The molecule has 0 spiro atoms. The van der Waals surface area contributed by atoms with Crippen LogP contribution < -0.4 is 0 Å². The highest BCUT2D eigenvalue weighted by molar-refractivity contribution is 6.15. The predicted octanol–water partition coefficient (Wildman–Crippen LogP) is 10.0. The van der Waals surface area contributed by atoms with E-state index in [1.165, 1.54) is 16.3 Å². The minimum atomic E-state index is 0.705. The molecule has 0 radical (unpaired) electrons. The molecule has 0 amide bonds. The summed E-state index contributed by atoms with van der Waals surface area (Å²) in [5.41, 5.74) is 9.50. The molecule has 0 aliphatic rings. The van der Waals surface area contributed by atoms with Gasteiger partial charge >= 0.3 is 0 Å². The van der Waals surface area contributed by atoms with Gasteiger partial charge in [-0.15, -0.1) is 0 Å². The van der Waals surface area contributed by atoms with Gasteiger partial charge in [0.05, 0.1) is 27.6 Å². The SMILES string of the molecule is c1ccc(-c2nc(-c3ccc4c5ccccc5n(-c5ccccc5)c4c3)c3c4ccccc4n(-c4ccccc4)c3n2)cc1. The van der Waals surface area contributed by atoms with E-state index in [9.17, 15) is 0 Å². The van der Waals surface area contributed by atoms with Crippen LogP contribution in [0.1, 0.15) is 0 Å². The minimum Gasteiger partial charge on any atom is -0.309 e. The second kappa shape index (κ2) is 9.79. The van der Waals surface area contributed by atoms with Gasteiger partial charge in [-0.25, -0.2) is 9.97 Å². The van der Waals surface area contributed by atoms with Crippen LogP contribution in [-0.4, -0.2) is 19.1 Å². The highest BCUT2D eigenvalue weighted by Gasteiger charge is 2.22. The van der Waals surface area contributed by atoms with E-state index in [1.807, 2.05) is 24.3 Å². The average molecular weight is 563 g/mol. The Labute approximate surface area is 254 Å². The Bertz CT molecular complexity index is 2470. The lowest BCUT2D eigenvalue weighted by Gasteiger charge is -2.11. The monoisotopic (exact) mass is 562 g/mol. The van der Waals surface area contributed by atoms with Crippen LogP contribution in [0.5, 0.6) is 0 Å². The molecule has 6 aromatic carbocycles. The lowest BCUT2D eigenvalue weighted by atomic mass is 10.0. The van der Waals surface area contributed by atoms with Crippen LogP contribution in [0.15, 0.2) is 158 Å². The number of hydrogen-bond acceptors (Lipinski definition) is 2. The van der Waals surface area contributed by atoms with Crippen molar-refractivity contribution >= 4 is 43.7 Å². The summed E-state index contributed by atoms with van der Waals surface area (Å²) in [5.74, 6) is 0.705. The van der Waals surface area contributed by atoms with Crippen LogP contribution in [0.25, 0.3) is 77.8 Å². The average Bonchev–Trinajstić information content (AvgIpc) is 3.61. The molecule has 0 aliphatic heterocycles. The summed E-state index contributed by atoms with van der Waals surface area (Å²) in [6, 6.07) is 55.3. The molecule has 3 aromatic heterocycles. The maximum atomic E-state index is 5.33. The molecule has 4 heteroatoms. The molecule has 9 aromatic rings. The van der Waals surface area contributed by atoms with Gasteiger partial charge in [-0.3, -0.25) is 4.57 Å². The molecule has 0 fully saturated rings. The lowest BCUT2D eigenvalue weighted by molar-refractivity contribution is 1.11. The van der Waals surface area contributed by atoms with Gasteiger partial charge in [0, 0.05) is 38.7 Å². The summed E-state index contributed by atoms with van der Waals surface area (Å²) in [7, 11) is 0. The lowest BCUT2D eigenvalue weighted by Crippen LogP contribution is -1.99. The standard InChI is InChI=1S/C40H26N4/c1-4-14-27(15-5-1)39-41-38(37-33-21-11-13-23-35(33)44(40(37)42-39)30-18-8-3-9-19-30)28-24-25-32-31-20-10-12-22-34(31)43(36(32)26-28)29-16-6-2-7-17-29/h1-26H. The second-order valence-electron chi connectivity index (χ2n) is 11.1. The van der Waals surface area contributed by atoms with Gasteiger partial charge in [-0.2, -0.15) is 0 Å². The van der Waals surface area contributed by atoms with Crippen molar-refractivity contribution in [3.8, 4) is 34.0 Å². The van der Waals surface area contributed by atoms with E-state index >= 15 is 0 Å². The van der Waals surface area contributed by atoms with E-state index in [-0.39, 0.29) is 0 Å². The number of nitrogens with zero attached hydrogens (tertiary/aromatic N) is 4. The fourth-order valence-electron chi connectivity index (χ4n) is 6.59. The molecule has 4 nitrogen and oxygen atoms in total. The van der Waals surface area contributed by atoms with Gasteiger partial charge in [-0.1, -0.05) is 115 Å². The van der Waals surface area contributed by atoms with Crippen molar-refractivity contribution in [2.45, 2.75) is 0 Å². The molecule has 206 valence electrons. The highest BCUT2D eigenvalue weighted by Crippen LogP contribution is 2.40. The number of benzene rings is 6. The van der Waals surface area contributed by atoms with Crippen LogP contribution in [0.3, 0.4) is 0 Å². The van der Waals surface area contributed by atoms with Crippen LogP contribution in [0.4, 0.5) is 0 Å². The molecular weight excluding hydrogens is 536 g/mol. The van der Waals surface area contributed by atoms with E-state index in [0.717, 1.165) is 55.6 Å². The molecule has 0 bridgehead atoms. The van der Waals surface area contributed by atoms with E-state index < -0.39 is 0 Å². The first-order valence-corrected chi connectivity index (χ1v) is 14.9. The van der Waals surface area contributed by atoms with Gasteiger partial charge < -0.3 is 4.57 Å². The van der Waals surface area contributed by atoms with E-state index in [0.29, 0.717) is 5.82 Å². The zero-order valence-corrected chi connectivity index (χ0v) is 23.8. The second-order valence-corrected chi connectivity index (χ2v) is 11.1. The Morgan fingerprint density at radius 3 is 1.64 bits per heavy atom. The Morgan fingerprint density at radius 2 is 0.932 bits per heavy atom. The molecule has 9 rings (SSSR count). The van der Waals surface area contributed by atoms with Crippen LogP contribution in [-0.2, 0) is 0 Å². The summed E-state index contributed by atoms with van der Waals surface area (Å²) in [6.45, 7) is 0. The highest BCUT2D eigenvalue weighted by atomic mass is 15.1. The number of rotatable bonds is 4. The maximum absolute atomic E-state index is 5.33. The van der Waals surface area contributed by atoms with Crippen molar-refractivity contribution in [2.24, 2.45) is 0 Å². The largest absolute Gasteiger partial charge is 0.309 e. The van der Waals surface area contributed by atoms with Crippen molar-refractivity contribution in [2.75, 3.05) is 0 Å². The third-order valence-electron chi connectivity index (χ3n) is 8.52. The van der Waals surface area contributed by atoms with Crippen LogP contribution in [0, 0.1) is 0 Å². The first-order chi connectivity index (χ1) is 21.8. The van der Waals surface area contributed by atoms with Gasteiger partial charge in [-0.05, 0) is 42.5 Å². The molecule has 0 saturated carbocycles. The number of fused-ring (bicyclic) bond motifs is 6. The quantitative estimate of drug-likeness (QED) is 0.214. The zero-order chi connectivity index (χ0) is 29.0. The van der Waals surface area contributed by atoms with Crippen molar-refractivity contribution < 1.29 is 0 Å². The fourth-order valence-corrected chi connectivity index (χ4v) is 6.59. The fraction of sp³-hybridized carbons (Fsp3) is 0. The number of aromatic nitrogens is 4. The van der Waals surface area contributed by atoms with E-state index in [1.54, 1.807) is 0 Å². The first kappa shape index (κ1) is 24.6. The van der Waals surface area contributed by atoms with Gasteiger partial charge in [0.15, 0.2) is 5.82 Å². The molecule has 3 heterocycles. The molecular formula is C40H26N4. The first-order valence-electron chi connectivity index (χ1n) is 14.9. The smallest absolute Gasteiger partial charge is 0.162 e. The summed E-state index contributed by atoms with van der Waals surface area (Å²) < 4.78 is 4.62. The van der Waals surface area contributed by atoms with E-state index in [2.05, 4.69) is 143 Å². The summed E-state index contributed by atoms with van der Waals surface area (Å²) >= 11 is 0. The molecule has 0 N–H and O–H groups in total. The Morgan fingerprint density at radius 1 is 0.386 bits per heavy atom. The Kier molecular flexibility index (Phi) is 5.47. The molecule has 0 unspecified atom stereocenters. The maximum Gasteiger partial charge on any atom is 0.162 e. The molecule has 0 saturated heterocycles. The summed E-state index contributed by atoms with van der Waals surface area (Å²) in [5, 5.41) is 4.63. The van der Waals surface area contributed by atoms with Crippen molar-refractivity contribution in [3.05, 3.63) is 158 Å².